The number of fused-ring (bicyclic) bond motifs is 1. The number of carbonyl (C=O) groups is 1. The second-order valence-electron chi connectivity index (χ2n) is 7.30. The first-order valence-corrected chi connectivity index (χ1v) is 10.4. The average molecular weight is 450 g/mol. The molecular weight excluding hydrogens is 427 g/mol. The lowest BCUT2D eigenvalue weighted by atomic mass is 10.1. The summed E-state index contributed by atoms with van der Waals surface area (Å²) in [6.45, 7) is 4.57. The molecule has 2 aromatic heterocycles. The SMILES string of the molecule is CC(C)OCCCNC(=O)/C(C#N)=C/c1c(Oc2ccccc2F)nc2ccccn2c1=O. The number of aromatic nitrogens is 2. The fraction of sp³-hybridized carbons (Fsp3) is 0.250. The van der Waals surface area contributed by atoms with Crippen LogP contribution in [0.25, 0.3) is 11.7 Å². The first kappa shape index (κ1) is 23.6. The van der Waals surface area contributed by atoms with Gasteiger partial charge in [0, 0.05) is 19.3 Å². The number of carbonyl (C=O) groups excluding carboxylic acids is 1. The molecule has 0 aliphatic rings. The second kappa shape index (κ2) is 11.0. The van der Waals surface area contributed by atoms with E-state index in [1.165, 1.54) is 28.8 Å². The highest BCUT2D eigenvalue weighted by molar-refractivity contribution is 6.01. The molecule has 170 valence electrons. The summed E-state index contributed by atoms with van der Waals surface area (Å²) in [4.78, 5) is 29.9. The maximum Gasteiger partial charge on any atom is 0.269 e. The number of para-hydroxylation sites is 1. The highest BCUT2D eigenvalue weighted by Gasteiger charge is 2.18. The zero-order valence-corrected chi connectivity index (χ0v) is 18.2. The van der Waals surface area contributed by atoms with E-state index in [0.717, 1.165) is 6.08 Å². The number of nitrogens with one attached hydrogen (secondary N) is 1. The van der Waals surface area contributed by atoms with Gasteiger partial charge in [-0.15, -0.1) is 0 Å². The number of rotatable bonds is 9. The number of amides is 1. The lowest BCUT2D eigenvalue weighted by Gasteiger charge is -2.11. The quantitative estimate of drug-likeness (QED) is 0.304. The van der Waals surface area contributed by atoms with Gasteiger partial charge in [0.15, 0.2) is 11.6 Å². The van der Waals surface area contributed by atoms with Crippen LogP contribution in [0.5, 0.6) is 11.6 Å². The molecule has 0 bridgehead atoms. The van der Waals surface area contributed by atoms with Gasteiger partial charge in [0.25, 0.3) is 11.5 Å². The van der Waals surface area contributed by atoms with Crippen LogP contribution in [0.2, 0.25) is 0 Å². The molecule has 3 rings (SSSR count). The zero-order chi connectivity index (χ0) is 23.8. The molecule has 0 saturated heterocycles. The van der Waals surface area contributed by atoms with Crippen LogP contribution < -0.4 is 15.6 Å². The predicted molar refractivity (Wildman–Crippen MR) is 120 cm³/mol. The van der Waals surface area contributed by atoms with Gasteiger partial charge in [0.2, 0.25) is 5.88 Å². The smallest absolute Gasteiger partial charge is 0.269 e. The number of hydrogen-bond donors (Lipinski definition) is 1. The van der Waals surface area contributed by atoms with Gasteiger partial charge in [0.1, 0.15) is 22.9 Å². The maximum atomic E-state index is 14.2. The number of ether oxygens (including phenoxy) is 2. The van der Waals surface area contributed by atoms with Crippen molar-refractivity contribution in [2.75, 3.05) is 13.2 Å². The van der Waals surface area contributed by atoms with Crippen LogP contribution in [-0.4, -0.2) is 34.5 Å². The Morgan fingerprint density at radius 2 is 2.03 bits per heavy atom. The van der Waals surface area contributed by atoms with Crippen molar-refractivity contribution in [3.8, 4) is 17.7 Å². The summed E-state index contributed by atoms with van der Waals surface area (Å²) in [7, 11) is 0. The summed E-state index contributed by atoms with van der Waals surface area (Å²) in [5.41, 5.74) is -0.776. The molecule has 1 N–H and O–H groups in total. The third kappa shape index (κ3) is 6.02. The Morgan fingerprint density at radius 1 is 1.27 bits per heavy atom. The first-order chi connectivity index (χ1) is 15.9. The zero-order valence-electron chi connectivity index (χ0n) is 18.2. The molecule has 3 aromatic rings. The van der Waals surface area contributed by atoms with Crippen LogP contribution >= 0.6 is 0 Å². The van der Waals surface area contributed by atoms with Crippen molar-refractivity contribution in [2.24, 2.45) is 0 Å². The van der Waals surface area contributed by atoms with Crippen molar-refractivity contribution in [1.29, 1.82) is 5.26 Å². The van der Waals surface area contributed by atoms with Crippen LogP contribution in [0, 0.1) is 17.1 Å². The molecule has 0 fully saturated rings. The van der Waals surface area contributed by atoms with Gasteiger partial charge in [-0.3, -0.25) is 14.0 Å². The highest BCUT2D eigenvalue weighted by Crippen LogP contribution is 2.26. The van der Waals surface area contributed by atoms with Crippen LogP contribution in [-0.2, 0) is 9.53 Å². The molecule has 0 saturated carbocycles. The van der Waals surface area contributed by atoms with Gasteiger partial charge in [0.05, 0.1) is 6.10 Å². The molecule has 2 heterocycles. The number of benzene rings is 1. The number of hydrogen-bond acceptors (Lipinski definition) is 6. The fourth-order valence-corrected chi connectivity index (χ4v) is 2.90. The highest BCUT2D eigenvalue weighted by atomic mass is 19.1. The van der Waals surface area contributed by atoms with Crippen molar-refractivity contribution in [1.82, 2.24) is 14.7 Å². The summed E-state index contributed by atoms with van der Waals surface area (Å²) >= 11 is 0. The molecule has 0 aliphatic carbocycles. The van der Waals surface area contributed by atoms with Crippen LogP contribution in [0.4, 0.5) is 4.39 Å². The van der Waals surface area contributed by atoms with Gasteiger partial charge < -0.3 is 14.8 Å². The standard InChI is InChI=1S/C24H23FN4O4/c1-16(2)32-13-7-11-27-22(30)17(15-26)14-18-23(33-20-9-4-3-8-19(20)25)28-21-10-5-6-12-29(21)24(18)31/h3-6,8-10,12,14,16H,7,11,13H2,1-2H3,(H,27,30)/b17-14+. The number of pyridine rings is 1. The molecule has 9 heteroatoms. The normalized spacial score (nSPS) is 11.4. The lowest BCUT2D eigenvalue weighted by Crippen LogP contribution is -2.27. The summed E-state index contributed by atoms with van der Waals surface area (Å²) in [5, 5.41) is 12.2. The summed E-state index contributed by atoms with van der Waals surface area (Å²) in [6, 6.07) is 12.4. The predicted octanol–water partition coefficient (Wildman–Crippen LogP) is 3.46. The van der Waals surface area contributed by atoms with Gasteiger partial charge in [-0.25, -0.2) is 4.39 Å². The molecule has 0 atom stereocenters. The van der Waals surface area contributed by atoms with E-state index in [1.54, 1.807) is 30.3 Å². The molecule has 1 amide bonds. The molecule has 1 aromatic carbocycles. The van der Waals surface area contributed by atoms with E-state index in [0.29, 0.717) is 13.0 Å². The van der Waals surface area contributed by atoms with Crippen molar-refractivity contribution in [3.05, 3.63) is 76.0 Å². The number of nitriles is 1. The first-order valence-electron chi connectivity index (χ1n) is 10.4. The van der Waals surface area contributed by atoms with E-state index in [1.807, 2.05) is 13.8 Å². The number of halogens is 1. The summed E-state index contributed by atoms with van der Waals surface area (Å²) < 4.78 is 26.4. The Kier molecular flexibility index (Phi) is 7.89. The van der Waals surface area contributed by atoms with Crippen LogP contribution in [0.3, 0.4) is 0 Å². The topological polar surface area (TPSA) is 106 Å². The Hall–Kier alpha value is -4.03. The molecule has 0 spiro atoms. The molecule has 33 heavy (non-hydrogen) atoms. The van der Waals surface area contributed by atoms with Crippen molar-refractivity contribution in [2.45, 2.75) is 26.4 Å². The maximum absolute atomic E-state index is 14.2. The second-order valence-corrected chi connectivity index (χ2v) is 7.30. The van der Waals surface area contributed by atoms with E-state index < -0.39 is 17.3 Å². The minimum atomic E-state index is -0.656. The van der Waals surface area contributed by atoms with Gasteiger partial charge in [-0.05, 0) is 50.6 Å². The van der Waals surface area contributed by atoms with Crippen molar-refractivity contribution in [3.63, 3.8) is 0 Å². The fourth-order valence-electron chi connectivity index (χ4n) is 2.90. The van der Waals surface area contributed by atoms with Gasteiger partial charge in [-0.1, -0.05) is 18.2 Å². The lowest BCUT2D eigenvalue weighted by molar-refractivity contribution is -0.117. The van der Waals surface area contributed by atoms with Crippen molar-refractivity contribution >= 4 is 17.6 Å². The molecule has 0 radical (unpaired) electrons. The van der Waals surface area contributed by atoms with Crippen LogP contribution in [0.1, 0.15) is 25.8 Å². The van der Waals surface area contributed by atoms with E-state index in [2.05, 4.69) is 10.3 Å². The summed E-state index contributed by atoms with van der Waals surface area (Å²) in [5.74, 6) is -1.67. The van der Waals surface area contributed by atoms with Gasteiger partial charge >= 0.3 is 0 Å². The molecule has 8 nitrogen and oxygen atoms in total. The Bertz CT molecular complexity index is 1280. The van der Waals surface area contributed by atoms with E-state index >= 15 is 0 Å². The van der Waals surface area contributed by atoms with E-state index in [4.69, 9.17) is 9.47 Å². The largest absolute Gasteiger partial charge is 0.435 e. The molecule has 0 aliphatic heterocycles. The minimum Gasteiger partial charge on any atom is -0.435 e. The average Bonchev–Trinajstić information content (AvgIpc) is 2.80. The van der Waals surface area contributed by atoms with E-state index in [9.17, 15) is 19.2 Å². The Labute approximate surface area is 189 Å². The van der Waals surface area contributed by atoms with Crippen molar-refractivity contribution < 1.29 is 18.7 Å². The Morgan fingerprint density at radius 3 is 2.76 bits per heavy atom. The van der Waals surface area contributed by atoms with Crippen LogP contribution in [0.15, 0.2) is 59.0 Å². The number of nitrogens with zero attached hydrogens (tertiary/aromatic N) is 3. The minimum absolute atomic E-state index is 0.0801. The monoisotopic (exact) mass is 450 g/mol. The summed E-state index contributed by atoms with van der Waals surface area (Å²) in [6.07, 6.45) is 3.24. The molecule has 0 unspecified atom stereocenters. The van der Waals surface area contributed by atoms with E-state index in [-0.39, 0.29) is 41.1 Å². The Balaban J connectivity index is 1.95. The molecular formula is C24H23FN4O4. The third-order valence-electron chi connectivity index (χ3n) is 4.49. The van der Waals surface area contributed by atoms with Gasteiger partial charge in [-0.2, -0.15) is 10.2 Å². The third-order valence-corrected chi connectivity index (χ3v) is 4.49.